The van der Waals surface area contributed by atoms with E-state index in [1.807, 2.05) is 29.7 Å². The maximum Gasteiger partial charge on any atom is 0.0542 e. The van der Waals surface area contributed by atoms with Crippen molar-refractivity contribution in [2.75, 3.05) is 5.32 Å². The lowest BCUT2D eigenvalue weighted by Crippen LogP contribution is -2.07. The summed E-state index contributed by atoms with van der Waals surface area (Å²) in [6.45, 7) is 2.19. The second-order valence-electron chi connectivity index (χ2n) is 5.83. The van der Waals surface area contributed by atoms with Gasteiger partial charge in [0.15, 0.2) is 0 Å². The van der Waals surface area contributed by atoms with Crippen LogP contribution in [0.3, 0.4) is 0 Å². The second kappa shape index (κ2) is 6.56. The molecule has 0 saturated heterocycles. The average molecular weight is 301 g/mol. The molecule has 0 aliphatic heterocycles. The van der Waals surface area contributed by atoms with Crippen LogP contribution in [-0.2, 0) is 7.05 Å². The molecule has 1 aliphatic carbocycles. The van der Waals surface area contributed by atoms with Gasteiger partial charge in [0.1, 0.15) is 0 Å². The maximum atomic E-state index is 4.26. The van der Waals surface area contributed by atoms with Gasteiger partial charge >= 0.3 is 0 Å². The molecule has 1 fully saturated rings. The van der Waals surface area contributed by atoms with Crippen LogP contribution in [-0.4, -0.2) is 15.0 Å². The number of thioether (sulfide) groups is 1. The standard InChI is InChI=1S/C17H23N3S/c1-13(14-11-18-20(2)12-14)19-16-9-5-6-10-17(16)21-15-7-3-4-8-15/h5-6,9-13,15,19H,3-4,7-8H2,1-2H3. The normalized spacial score (nSPS) is 17.0. The van der Waals surface area contributed by atoms with E-state index in [4.69, 9.17) is 0 Å². The molecule has 0 spiro atoms. The second-order valence-corrected chi connectivity index (χ2v) is 7.18. The van der Waals surface area contributed by atoms with Crippen molar-refractivity contribution in [3.05, 3.63) is 42.2 Å². The molecule has 112 valence electrons. The number of benzene rings is 1. The molecule has 2 aromatic rings. The van der Waals surface area contributed by atoms with E-state index in [0.29, 0.717) is 0 Å². The Hall–Kier alpha value is -1.42. The zero-order chi connectivity index (χ0) is 14.7. The van der Waals surface area contributed by atoms with Crippen molar-refractivity contribution in [1.82, 2.24) is 9.78 Å². The Balaban J connectivity index is 1.72. The Labute approximate surface area is 131 Å². The van der Waals surface area contributed by atoms with Crippen LogP contribution in [0.4, 0.5) is 5.69 Å². The van der Waals surface area contributed by atoms with E-state index >= 15 is 0 Å². The van der Waals surface area contributed by atoms with Gasteiger partial charge < -0.3 is 5.32 Å². The molecule has 1 aromatic carbocycles. The lowest BCUT2D eigenvalue weighted by Gasteiger charge is -2.18. The van der Waals surface area contributed by atoms with Gasteiger partial charge in [0, 0.05) is 34.6 Å². The molecule has 4 heteroatoms. The van der Waals surface area contributed by atoms with Crippen molar-refractivity contribution in [1.29, 1.82) is 0 Å². The van der Waals surface area contributed by atoms with Gasteiger partial charge in [-0.05, 0) is 31.9 Å². The summed E-state index contributed by atoms with van der Waals surface area (Å²) in [4.78, 5) is 1.38. The van der Waals surface area contributed by atoms with Gasteiger partial charge in [0.2, 0.25) is 0 Å². The first-order valence-electron chi connectivity index (χ1n) is 7.73. The van der Waals surface area contributed by atoms with Crippen molar-refractivity contribution in [3.8, 4) is 0 Å². The Morgan fingerprint density at radius 2 is 2.05 bits per heavy atom. The van der Waals surface area contributed by atoms with Crippen LogP contribution < -0.4 is 5.32 Å². The fraction of sp³-hybridized carbons (Fsp3) is 0.471. The molecule has 0 bridgehead atoms. The molecule has 1 aliphatic rings. The van der Waals surface area contributed by atoms with Crippen molar-refractivity contribution in [2.24, 2.45) is 7.05 Å². The van der Waals surface area contributed by atoms with Crippen molar-refractivity contribution in [3.63, 3.8) is 0 Å². The Kier molecular flexibility index (Phi) is 4.54. The number of aromatic nitrogens is 2. The van der Waals surface area contributed by atoms with Gasteiger partial charge in [-0.1, -0.05) is 25.0 Å². The highest BCUT2D eigenvalue weighted by Crippen LogP contribution is 2.38. The molecule has 1 saturated carbocycles. The number of nitrogens with zero attached hydrogens (tertiary/aromatic N) is 2. The summed E-state index contributed by atoms with van der Waals surface area (Å²) in [5.74, 6) is 0. The monoisotopic (exact) mass is 301 g/mol. The summed E-state index contributed by atoms with van der Waals surface area (Å²) >= 11 is 2.04. The quantitative estimate of drug-likeness (QED) is 0.873. The fourth-order valence-corrected chi connectivity index (χ4v) is 4.19. The molecule has 1 aromatic heterocycles. The first-order valence-corrected chi connectivity index (χ1v) is 8.61. The first kappa shape index (κ1) is 14.5. The van der Waals surface area contributed by atoms with Crippen LogP contribution in [0.25, 0.3) is 0 Å². The third-order valence-corrected chi connectivity index (χ3v) is 5.49. The van der Waals surface area contributed by atoms with E-state index in [1.54, 1.807) is 0 Å². The molecular formula is C17H23N3S. The summed E-state index contributed by atoms with van der Waals surface area (Å²) in [6.07, 6.45) is 9.50. The number of para-hydroxylation sites is 1. The molecular weight excluding hydrogens is 278 g/mol. The van der Waals surface area contributed by atoms with Gasteiger partial charge in [-0.2, -0.15) is 5.10 Å². The van der Waals surface area contributed by atoms with E-state index in [0.717, 1.165) is 5.25 Å². The number of hydrogen-bond acceptors (Lipinski definition) is 3. The van der Waals surface area contributed by atoms with E-state index in [-0.39, 0.29) is 6.04 Å². The molecule has 1 heterocycles. The molecule has 21 heavy (non-hydrogen) atoms. The Bertz CT molecular complexity index is 587. The SMILES string of the molecule is CC(Nc1ccccc1SC1CCCC1)c1cnn(C)c1. The minimum absolute atomic E-state index is 0.268. The van der Waals surface area contributed by atoms with Crippen LogP contribution in [0.15, 0.2) is 41.6 Å². The largest absolute Gasteiger partial charge is 0.377 e. The summed E-state index contributed by atoms with van der Waals surface area (Å²) in [7, 11) is 1.96. The third kappa shape index (κ3) is 3.62. The van der Waals surface area contributed by atoms with Crippen LogP contribution in [0.5, 0.6) is 0 Å². The molecule has 3 nitrogen and oxygen atoms in total. The first-order chi connectivity index (χ1) is 10.2. The van der Waals surface area contributed by atoms with E-state index in [9.17, 15) is 0 Å². The van der Waals surface area contributed by atoms with Crippen LogP contribution in [0.2, 0.25) is 0 Å². The van der Waals surface area contributed by atoms with Gasteiger partial charge in [-0.3, -0.25) is 4.68 Å². The molecule has 1 unspecified atom stereocenters. The molecule has 0 radical (unpaired) electrons. The minimum atomic E-state index is 0.268. The van der Waals surface area contributed by atoms with Crippen LogP contribution in [0, 0.1) is 0 Å². The van der Waals surface area contributed by atoms with Gasteiger partial charge in [0.05, 0.1) is 12.2 Å². The van der Waals surface area contributed by atoms with Crippen molar-refractivity contribution < 1.29 is 0 Å². The van der Waals surface area contributed by atoms with Crippen LogP contribution >= 0.6 is 11.8 Å². The summed E-state index contributed by atoms with van der Waals surface area (Å²) in [6, 6.07) is 8.93. The Morgan fingerprint density at radius 1 is 1.29 bits per heavy atom. The fourth-order valence-electron chi connectivity index (χ4n) is 2.85. The van der Waals surface area contributed by atoms with E-state index < -0.39 is 0 Å². The highest BCUT2D eigenvalue weighted by atomic mass is 32.2. The topological polar surface area (TPSA) is 29.9 Å². The van der Waals surface area contributed by atoms with Gasteiger partial charge in [-0.25, -0.2) is 0 Å². The van der Waals surface area contributed by atoms with Crippen molar-refractivity contribution in [2.45, 2.75) is 48.8 Å². The molecule has 0 amide bonds. The maximum absolute atomic E-state index is 4.26. The number of anilines is 1. The third-order valence-electron chi connectivity index (χ3n) is 4.08. The van der Waals surface area contributed by atoms with Crippen LogP contribution in [0.1, 0.15) is 44.2 Å². The zero-order valence-corrected chi connectivity index (χ0v) is 13.6. The summed E-state index contributed by atoms with van der Waals surface area (Å²) in [5, 5.41) is 8.69. The predicted octanol–water partition coefficient (Wildman–Crippen LogP) is 4.63. The lowest BCUT2D eigenvalue weighted by molar-refractivity contribution is 0.765. The highest BCUT2D eigenvalue weighted by molar-refractivity contribution is 8.00. The van der Waals surface area contributed by atoms with E-state index in [1.165, 1.54) is 41.8 Å². The molecule has 3 rings (SSSR count). The molecule has 1 N–H and O–H groups in total. The lowest BCUT2D eigenvalue weighted by atomic mass is 10.2. The zero-order valence-electron chi connectivity index (χ0n) is 12.7. The van der Waals surface area contributed by atoms with Crippen molar-refractivity contribution >= 4 is 17.4 Å². The summed E-state index contributed by atoms with van der Waals surface area (Å²) in [5.41, 5.74) is 2.46. The van der Waals surface area contributed by atoms with Gasteiger partial charge in [-0.15, -0.1) is 11.8 Å². The number of hydrogen-bond donors (Lipinski definition) is 1. The van der Waals surface area contributed by atoms with E-state index in [2.05, 4.69) is 47.8 Å². The van der Waals surface area contributed by atoms with Gasteiger partial charge in [0.25, 0.3) is 0 Å². The molecule has 1 atom stereocenters. The highest BCUT2D eigenvalue weighted by Gasteiger charge is 2.18. The smallest absolute Gasteiger partial charge is 0.0542 e. The summed E-state index contributed by atoms with van der Waals surface area (Å²) < 4.78 is 1.85. The average Bonchev–Trinajstić information content (AvgIpc) is 3.12. The number of rotatable bonds is 5. The predicted molar refractivity (Wildman–Crippen MR) is 89.8 cm³/mol. The number of aryl methyl sites for hydroxylation is 1. The number of nitrogens with one attached hydrogen (secondary N) is 1. The Morgan fingerprint density at radius 3 is 2.76 bits per heavy atom. The minimum Gasteiger partial charge on any atom is -0.377 e.